The lowest BCUT2D eigenvalue weighted by Crippen LogP contribution is -2.55. The van der Waals surface area contributed by atoms with E-state index < -0.39 is 5.82 Å². The first-order valence-corrected chi connectivity index (χ1v) is 9.97. The second kappa shape index (κ2) is 8.16. The van der Waals surface area contributed by atoms with Crippen molar-refractivity contribution >= 4 is 17.5 Å². The maximum absolute atomic E-state index is 14.6. The number of phenols is 1. The number of amides is 1. The fourth-order valence-electron chi connectivity index (χ4n) is 4.07. The van der Waals surface area contributed by atoms with Crippen molar-refractivity contribution in [1.29, 1.82) is 0 Å². The van der Waals surface area contributed by atoms with E-state index in [1.807, 2.05) is 0 Å². The molecule has 30 heavy (non-hydrogen) atoms. The molecule has 2 aliphatic heterocycles. The number of ether oxygens (including phenoxy) is 2. The van der Waals surface area contributed by atoms with Gasteiger partial charge < -0.3 is 19.5 Å². The van der Waals surface area contributed by atoms with E-state index in [1.54, 1.807) is 11.0 Å². The van der Waals surface area contributed by atoms with Crippen molar-refractivity contribution in [2.75, 3.05) is 33.4 Å². The Morgan fingerprint density at radius 1 is 1.40 bits per heavy atom. The number of aromatic hydroxyl groups is 1. The molecule has 0 aliphatic carbocycles. The molecule has 1 atom stereocenters. The standard InChI is InChI=1S/C22H22ClFN2O4/c1-3-18(28)26-8-7-25-10-13-9-17(29-2)20(19-15(24)5-4-6-16(19)27)21(23)22(13)30-12-14(25)11-26/h3-6,9,14,27H,1,7-8,10-12H2,2H3/t14-/m1/s1. The number of halogens is 2. The van der Waals surface area contributed by atoms with Gasteiger partial charge in [0.1, 0.15) is 29.7 Å². The van der Waals surface area contributed by atoms with Gasteiger partial charge >= 0.3 is 0 Å². The highest BCUT2D eigenvalue weighted by Crippen LogP contribution is 2.48. The third-order valence-corrected chi connectivity index (χ3v) is 5.97. The zero-order valence-electron chi connectivity index (χ0n) is 16.5. The number of rotatable bonds is 3. The lowest BCUT2D eigenvalue weighted by atomic mass is 9.99. The van der Waals surface area contributed by atoms with Crippen molar-refractivity contribution in [3.8, 4) is 28.4 Å². The lowest BCUT2D eigenvalue weighted by molar-refractivity contribution is -0.129. The number of nitrogens with zero attached hydrogens (tertiary/aromatic N) is 2. The minimum Gasteiger partial charge on any atom is -0.507 e. The third kappa shape index (κ3) is 3.48. The Kier molecular flexibility index (Phi) is 5.58. The minimum atomic E-state index is -0.611. The maximum Gasteiger partial charge on any atom is 0.246 e. The molecule has 2 aliphatic rings. The Hall–Kier alpha value is -2.77. The van der Waals surface area contributed by atoms with Gasteiger partial charge in [0.2, 0.25) is 5.91 Å². The van der Waals surface area contributed by atoms with Gasteiger partial charge in [0.05, 0.1) is 29.3 Å². The molecule has 2 heterocycles. The highest BCUT2D eigenvalue weighted by atomic mass is 35.5. The van der Waals surface area contributed by atoms with E-state index in [-0.39, 0.29) is 33.8 Å². The topological polar surface area (TPSA) is 62.2 Å². The Morgan fingerprint density at radius 3 is 2.90 bits per heavy atom. The summed E-state index contributed by atoms with van der Waals surface area (Å²) in [6.07, 6.45) is 1.32. The van der Waals surface area contributed by atoms with E-state index >= 15 is 0 Å². The first-order chi connectivity index (χ1) is 14.4. The summed E-state index contributed by atoms with van der Waals surface area (Å²) in [6.45, 7) is 6.23. The molecular formula is C22H22ClFN2O4. The molecule has 1 N–H and O–H groups in total. The SMILES string of the molecule is C=CC(=O)N1CCN2Cc3cc(OC)c(-c4c(O)cccc4F)c(Cl)c3OC[C@H]2C1. The van der Waals surface area contributed by atoms with Crippen LogP contribution in [0.3, 0.4) is 0 Å². The van der Waals surface area contributed by atoms with Gasteiger partial charge in [-0.05, 0) is 24.3 Å². The fourth-order valence-corrected chi connectivity index (χ4v) is 4.44. The number of piperazine rings is 1. The molecule has 0 spiro atoms. The van der Waals surface area contributed by atoms with Crippen LogP contribution in [0.15, 0.2) is 36.9 Å². The van der Waals surface area contributed by atoms with E-state index in [2.05, 4.69) is 11.5 Å². The van der Waals surface area contributed by atoms with Crippen LogP contribution in [-0.4, -0.2) is 60.2 Å². The van der Waals surface area contributed by atoms with Crippen LogP contribution >= 0.6 is 11.6 Å². The number of phenolic OH excluding ortho intramolecular Hbond substituents is 1. The average molecular weight is 433 g/mol. The second-order valence-electron chi connectivity index (χ2n) is 7.31. The van der Waals surface area contributed by atoms with Crippen molar-refractivity contribution < 1.29 is 23.8 Å². The summed E-state index contributed by atoms with van der Waals surface area (Å²) in [6, 6.07) is 5.83. The first-order valence-electron chi connectivity index (χ1n) is 9.60. The number of carbonyl (C=O) groups is 1. The summed E-state index contributed by atoms with van der Waals surface area (Å²) in [5, 5.41) is 10.5. The number of hydrogen-bond acceptors (Lipinski definition) is 5. The van der Waals surface area contributed by atoms with Gasteiger partial charge in [0, 0.05) is 31.7 Å². The molecular weight excluding hydrogens is 411 g/mol. The van der Waals surface area contributed by atoms with Gasteiger partial charge in [-0.25, -0.2) is 4.39 Å². The molecule has 0 aromatic heterocycles. The Morgan fingerprint density at radius 2 is 2.20 bits per heavy atom. The van der Waals surface area contributed by atoms with E-state index in [9.17, 15) is 14.3 Å². The number of methoxy groups -OCH3 is 1. The zero-order chi connectivity index (χ0) is 21.4. The summed E-state index contributed by atoms with van der Waals surface area (Å²) >= 11 is 6.68. The molecule has 0 radical (unpaired) electrons. The Balaban J connectivity index is 1.74. The van der Waals surface area contributed by atoms with Crippen LogP contribution in [0.4, 0.5) is 4.39 Å². The van der Waals surface area contributed by atoms with E-state index in [0.29, 0.717) is 44.3 Å². The average Bonchev–Trinajstić information content (AvgIpc) is 2.93. The Bertz CT molecular complexity index is 993. The molecule has 1 saturated heterocycles. The van der Waals surface area contributed by atoms with Gasteiger partial charge in [0.15, 0.2) is 0 Å². The van der Waals surface area contributed by atoms with Crippen molar-refractivity contribution in [3.63, 3.8) is 0 Å². The quantitative estimate of drug-likeness (QED) is 0.753. The van der Waals surface area contributed by atoms with Crippen LogP contribution < -0.4 is 9.47 Å². The smallest absolute Gasteiger partial charge is 0.246 e. The van der Waals surface area contributed by atoms with Crippen LogP contribution in [0, 0.1) is 5.82 Å². The zero-order valence-corrected chi connectivity index (χ0v) is 17.3. The summed E-state index contributed by atoms with van der Waals surface area (Å²) in [7, 11) is 1.47. The Labute approximate surface area is 179 Å². The van der Waals surface area contributed by atoms with Crippen molar-refractivity contribution in [3.05, 3.63) is 53.3 Å². The molecule has 1 amide bonds. The van der Waals surface area contributed by atoms with Gasteiger partial charge in [-0.15, -0.1) is 0 Å². The van der Waals surface area contributed by atoms with Crippen LogP contribution in [0.1, 0.15) is 5.56 Å². The summed E-state index contributed by atoms with van der Waals surface area (Å²) in [5.74, 6) is -0.166. The van der Waals surface area contributed by atoms with Gasteiger partial charge in [-0.2, -0.15) is 0 Å². The van der Waals surface area contributed by atoms with E-state index in [1.165, 1.54) is 31.4 Å². The molecule has 158 valence electrons. The highest BCUT2D eigenvalue weighted by Gasteiger charge is 2.34. The number of fused-ring (bicyclic) bond motifs is 2. The summed E-state index contributed by atoms with van der Waals surface area (Å²) in [5.41, 5.74) is 1.02. The molecule has 4 rings (SSSR count). The minimum absolute atomic E-state index is 0.0116. The van der Waals surface area contributed by atoms with Crippen molar-refractivity contribution in [2.24, 2.45) is 0 Å². The molecule has 1 fully saturated rings. The van der Waals surface area contributed by atoms with Crippen molar-refractivity contribution in [2.45, 2.75) is 12.6 Å². The molecule has 2 aromatic rings. The predicted octanol–water partition coefficient (Wildman–Crippen LogP) is 3.45. The number of benzene rings is 2. The fraction of sp³-hybridized carbons (Fsp3) is 0.318. The maximum atomic E-state index is 14.6. The first kappa shape index (κ1) is 20.5. The second-order valence-corrected chi connectivity index (χ2v) is 7.69. The van der Waals surface area contributed by atoms with Crippen LogP contribution in [-0.2, 0) is 11.3 Å². The monoisotopic (exact) mass is 432 g/mol. The molecule has 6 nitrogen and oxygen atoms in total. The largest absolute Gasteiger partial charge is 0.507 e. The molecule has 8 heteroatoms. The van der Waals surface area contributed by atoms with Gasteiger partial charge in [-0.3, -0.25) is 9.69 Å². The highest BCUT2D eigenvalue weighted by molar-refractivity contribution is 6.35. The van der Waals surface area contributed by atoms with Crippen molar-refractivity contribution in [1.82, 2.24) is 9.80 Å². The molecule has 0 unspecified atom stereocenters. The molecule has 0 saturated carbocycles. The molecule has 0 bridgehead atoms. The summed E-state index contributed by atoms with van der Waals surface area (Å²) in [4.78, 5) is 16.0. The number of hydrogen-bond donors (Lipinski definition) is 1. The normalized spacial score (nSPS) is 18.6. The van der Waals surface area contributed by atoms with Gasteiger partial charge in [-0.1, -0.05) is 24.2 Å². The third-order valence-electron chi connectivity index (χ3n) is 5.61. The van der Waals surface area contributed by atoms with Crippen LogP contribution in [0.2, 0.25) is 5.02 Å². The van der Waals surface area contributed by atoms with E-state index in [0.717, 1.165) is 5.56 Å². The van der Waals surface area contributed by atoms with Gasteiger partial charge in [0.25, 0.3) is 0 Å². The van der Waals surface area contributed by atoms with E-state index in [4.69, 9.17) is 21.1 Å². The number of carbonyl (C=O) groups excluding carboxylic acids is 1. The molecule has 2 aromatic carbocycles. The summed E-state index contributed by atoms with van der Waals surface area (Å²) < 4.78 is 26.1. The van der Waals surface area contributed by atoms with Crippen LogP contribution in [0.5, 0.6) is 17.2 Å². The lowest BCUT2D eigenvalue weighted by Gasteiger charge is -2.39. The predicted molar refractivity (Wildman–Crippen MR) is 112 cm³/mol. The van der Waals surface area contributed by atoms with Crippen LogP contribution in [0.25, 0.3) is 11.1 Å².